The lowest BCUT2D eigenvalue weighted by Crippen LogP contribution is -2.47. The van der Waals surface area contributed by atoms with Gasteiger partial charge in [0.15, 0.2) is 0 Å². The monoisotopic (exact) mass is 444 g/mol. The Morgan fingerprint density at radius 2 is 1.93 bits per heavy atom. The quantitative estimate of drug-likeness (QED) is 0.708. The molecule has 2 aromatic rings. The van der Waals surface area contributed by atoms with Crippen molar-refractivity contribution >= 4 is 10.0 Å². The summed E-state index contributed by atoms with van der Waals surface area (Å²) in [6, 6.07) is 8.88. The molecule has 30 heavy (non-hydrogen) atoms. The molecule has 1 aromatic heterocycles. The van der Waals surface area contributed by atoms with E-state index < -0.39 is 21.8 Å². The van der Waals surface area contributed by atoms with E-state index in [-0.39, 0.29) is 24.3 Å². The van der Waals surface area contributed by atoms with Crippen molar-refractivity contribution in [1.82, 2.24) is 9.71 Å². The molecular weight excluding hydrogens is 421 g/mol. The maximum absolute atomic E-state index is 12.6. The molecule has 6 nitrogen and oxygen atoms in total. The van der Waals surface area contributed by atoms with Crippen molar-refractivity contribution in [3.63, 3.8) is 0 Å². The third kappa shape index (κ3) is 5.93. The summed E-state index contributed by atoms with van der Waals surface area (Å²) in [7, 11) is -3.32. The highest BCUT2D eigenvalue weighted by Crippen LogP contribution is 2.30. The first-order valence-corrected chi connectivity index (χ1v) is 11.2. The predicted octanol–water partition coefficient (Wildman–Crippen LogP) is 3.49. The highest BCUT2D eigenvalue weighted by molar-refractivity contribution is 7.89. The van der Waals surface area contributed by atoms with Gasteiger partial charge in [-0.05, 0) is 49.7 Å². The number of ether oxygens (including phenoxy) is 2. The van der Waals surface area contributed by atoms with E-state index in [0.717, 1.165) is 12.3 Å². The zero-order valence-electron chi connectivity index (χ0n) is 16.4. The summed E-state index contributed by atoms with van der Waals surface area (Å²) in [6.45, 7) is 2.74. The number of sulfonamides is 1. The van der Waals surface area contributed by atoms with Crippen molar-refractivity contribution in [2.24, 2.45) is 5.92 Å². The third-order valence-corrected chi connectivity index (χ3v) is 6.31. The molecule has 1 saturated heterocycles. The Morgan fingerprint density at radius 1 is 1.20 bits per heavy atom. The number of aromatic nitrogens is 1. The smallest absolute Gasteiger partial charge is 0.417 e. The molecule has 2 atom stereocenters. The fourth-order valence-electron chi connectivity index (χ4n) is 3.09. The SMILES string of the molecule is CCS(=O)(=O)N[C@H]1CCOC[C@@H]1COc1ccc(-c2ccc(C(F)(F)F)cn2)cc1. The number of halogens is 3. The van der Waals surface area contributed by atoms with Crippen LogP contribution in [0.2, 0.25) is 0 Å². The van der Waals surface area contributed by atoms with Gasteiger partial charge in [0.2, 0.25) is 10.0 Å². The summed E-state index contributed by atoms with van der Waals surface area (Å²) in [6.07, 6.45) is -3.04. The lowest BCUT2D eigenvalue weighted by Gasteiger charge is -2.31. The number of nitrogens with one attached hydrogen (secondary N) is 1. The van der Waals surface area contributed by atoms with Crippen molar-refractivity contribution < 1.29 is 31.1 Å². The van der Waals surface area contributed by atoms with Gasteiger partial charge in [0.1, 0.15) is 5.75 Å². The lowest BCUT2D eigenvalue weighted by molar-refractivity contribution is -0.137. The van der Waals surface area contributed by atoms with Crippen LogP contribution >= 0.6 is 0 Å². The first-order valence-electron chi connectivity index (χ1n) is 9.52. The first kappa shape index (κ1) is 22.5. The van der Waals surface area contributed by atoms with Gasteiger partial charge in [0, 0.05) is 30.3 Å². The van der Waals surface area contributed by atoms with E-state index in [1.807, 2.05) is 0 Å². The molecular formula is C20H23F3N2O4S. The summed E-state index contributed by atoms with van der Waals surface area (Å²) in [5, 5.41) is 0. The molecule has 0 amide bonds. The minimum Gasteiger partial charge on any atom is -0.493 e. The number of alkyl halides is 3. The summed E-state index contributed by atoms with van der Waals surface area (Å²) in [5.41, 5.74) is 0.282. The van der Waals surface area contributed by atoms with E-state index in [2.05, 4.69) is 9.71 Å². The van der Waals surface area contributed by atoms with Gasteiger partial charge >= 0.3 is 6.18 Å². The normalized spacial score (nSPS) is 20.1. The van der Waals surface area contributed by atoms with Crippen molar-refractivity contribution in [3.05, 3.63) is 48.2 Å². The van der Waals surface area contributed by atoms with Gasteiger partial charge in [-0.25, -0.2) is 13.1 Å². The maximum atomic E-state index is 12.6. The summed E-state index contributed by atoms with van der Waals surface area (Å²) in [5.74, 6) is 0.446. The predicted molar refractivity (Wildman–Crippen MR) is 105 cm³/mol. The van der Waals surface area contributed by atoms with Gasteiger partial charge in [-0.3, -0.25) is 4.98 Å². The Bertz CT molecular complexity index is 932. The number of benzene rings is 1. The minimum absolute atomic E-state index is 0.0113. The van der Waals surface area contributed by atoms with E-state index in [1.54, 1.807) is 31.2 Å². The molecule has 0 unspecified atom stereocenters. The second-order valence-electron chi connectivity index (χ2n) is 7.02. The van der Waals surface area contributed by atoms with Crippen molar-refractivity contribution in [3.8, 4) is 17.0 Å². The van der Waals surface area contributed by atoms with E-state index in [1.165, 1.54) is 6.07 Å². The Hall–Kier alpha value is -2.17. The van der Waals surface area contributed by atoms with Gasteiger partial charge in [0.25, 0.3) is 0 Å². The molecule has 2 heterocycles. The van der Waals surface area contributed by atoms with Crippen LogP contribution in [0.15, 0.2) is 42.6 Å². The number of hydrogen-bond donors (Lipinski definition) is 1. The van der Waals surface area contributed by atoms with Gasteiger partial charge < -0.3 is 9.47 Å². The molecule has 0 saturated carbocycles. The van der Waals surface area contributed by atoms with Crippen LogP contribution in [-0.2, 0) is 20.9 Å². The summed E-state index contributed by atoms with van der Waals surface area (Å²) >= 11 is 0. The number of rotatable bonds is 7. The van der Waals surface area contributed by atoms with Crippen LogP contribution in [0.4, 0.5) is 13.2 Å². The Labute approximate surface area is 173 Å². The molecule has 1 aliphatic heterocycles. The van der Waals surface area contributed by atoms with Crippen LogP contribution in [0.25, 0.3) is 11.3 Å². The number of pyridine rings is 1. The summed E-state index contributed by atoms with van der Waals surface area (Å²) < 4.78 is 75.6. The van der Waals surface area contributed by atoms with Crippen LogP contribution < -0.4 is 9.46 Å². The molecule has 1 N–H and O–H groups in total. The topological polar surface area (TPSA) is 77.5 Å². The number of hydrogen-bond acceptors (Lipinski definition) is 5. The first-order chi connectivity index (χ1) is 14.2. The van der Waals surface area contributed by atoms with E-state index in [9.17, 15) is 21.6 Å². The van der Waals surface area contributed by atoms with Gasteiger partial charge in [-0.15, -0.1) is 0 Å². The van der Waals surface area contributed by atoms with E-state index in [0.29, 0.717) is 36.6 Å². The highest BCUT2D eigenvalue weighted by Gasteiger charge is 2.31. The molecule has 1 aliphatic rings. The van der Waals surface area contributed by atoms with Crippen LogP contribution in [-0.4, -0.2) is 45.0 Å². The van der Waals surface area contributed by atoms with Crippen LogP contribution in [0, 0.1) is 5.92 Å². The molecule has 1 aromatic carbocycles. The average Bonchev–Trinajstić information content (AvgIpc) is 2.73. The number of nitrogens with zero attached hydrogens (tertiary/aromatic N) is 1. The lowest BCUT2D eigenvalue weighted by atomic mass is 9.98. The zero-order chi connectivity index (χ0) is 21.8. The van der Waals surface area contributed by atoms with Crippen LogP contribution in [0.5, 0.6) is 5.75 Å². The Morgan fingerprint density at radius 3 is 2.53 bits per heavy atom. The molecule has 1 fully saturated rings. The minimum atomic E-state index is -4.42. The van der Waals surface area contributed by atoms with Crippen LogP contribution in [0.3, 0.4) is 0 Å². The second-order valence-corrected chi connectivity index (χ2v) is 9.06. The van der Waals surface area contributed by atoms with Crippen molar-refractivity contribution in [2.75, 3.05) is 25.6 Å². The molecule has 0 aliphatic carbocycles. The van der Waals surface area contributed by atoms with Gasteiger partial charge in [0.05, 0.1) is 30.2 Å². The molecule has 10 heteroatoms. The molecule has 164 valence electrons. The average molecular weight is 444 g/mol. The highest BCUT2D eigenvalue weighted by atomic mass is 32.2. The maximum Gasteiger partial charge on any atom is 0.417 e. The van der Waals surface area contributed by atoms with E-state index >= 15 is 0 Å². The second kappa shape index (κ2) is 9.32. The fraction of sp³-hybridized carbons (Fsp3) is 0.450. The molecule has 0 bridgehead atoms. The fourth-order valence-corrected chi connectivity index (χ4v) is 4.03. The van der Waals surface area contributed by atoms with Crippen molar-refractivity contribution in [1.29, 1.82) is 0 Å². The van der Waals surface area contributed by atoms with Gasteiger partial charge in [-0.2, -0.15) is 13.2 Å². The Balaban J connectivity index is 1.61. The van der Waals surface area contributed by atoms with Crippen molar-refractivity contribution in [2.45, 2.75) is 25.6 Å². The molecule has 3 rings (SSSR count). The molecule has 0 radical (unpaired) electrons. The Kier molecular flexibility index (Phi) is 6.99. The largest absolute Gasteiger partial charge is 0.493 e. The van der Waals surface area contributed by atoms with Gasteiger partial charge in [-0.1, -0.05) is 0 Å². The molecule has 0 spiro atoms. The standard InChI is InChI=1S/C20H23F3N2O4S/c1-2-30(26,27)25-19-9-10-28-12-15(19)13-29-17-6-3-14(4-7-17)18-8-5-16(11-24-18)20(21,22)23/h3-8,11,15,19,25H,2,9-10,12-13H2,1H3/t15-,19+/m1/s1. The third-order valence-electron chi connectivity index (χ3n) is 4.89. The van der Waals surface area contributed by atoms with Crippen LogP contribution in [0.1, 0.15) is 18.9 Å². The van der Waals surface area contributed by atoms with E-state index in [4.69, 9.17) is 9.47 Å². The summed E-state index contributed by atoms with van der Waals surface area (Å²) in [4.78, 5) is 3.87. The zero-order valence-corrected chi connectivity index (χ0v) is 17.2.